The van der Waals surface area contributed by atoms with Crippen LogP contribution >= 0.6 is 0 Å². The van der Waals surface area contributed by atoms with Crippen molar-refractivity contribution in [1.29, 1.82) is 0 Å². The average Bonchev–Trinajstić information content (AvgIpc) is 2.80. The van der Waals surface area contributed by atoms with E-state index < -0.39 is 5.91 Å². The summed E-state index contributed by atoms with van der Waals surface area (Å²) in [7, 11) is 0. The molecule has 0 aliphatic carbocycles. The monoisotopic (exact) mass is 215 g/mol. The van der Waals surface area contributed by atoms with E-state index >= 15 is 0 Å². The molecule has 0 spiro atoms. The summed E-state index contributed by atoms with van der Waals surface area (Å²) in [6, 6.07) is 8.96. The lowest BCUT2D eigenvalue weighted by atomic mass is 10.2. The molecule has 7 nitrogen and oxygen atoms in total. The van der Waals surface area contributed by atoms with Crippen LogP contribution in [0, 0.1) is 0 Å². The number of rotatable bonds is 2. The number of benzene rings is 1. The zero-order chi connectivity index (χ0) is 11.4. The number of nitrogens with zero attached hydrogens (tertiary/aromatic N) is 5. The predicted molar refractivity (Wildman–Crippen MR) is 53.2 cm³/mol. The maximum Gasteiger partial charge on any atom is 0.289 e. The molecule has 1 amide bonds. The van der Waals surface area contributed by atoms with Gasteiger partial charge in [0.15, 0.2) is 0 Å². The Balaban J connectivity index is 2.33. The molecule has 0 atom stereocenters. The molecule has 0 radical (unpaired) electrons. The van der Waals surface area contributed by atoms with Crippen molar-refractivity contribution in [1.82, 2.24) is 10.1 Å². The highest BCUT2D eigenvalue weighted by atomic mass is 16.5. The normalized spacial score (nSPS) is 9.50. The van der Waals surface area contributed by atoms with Crippen molar-refractivity contribution in [3.63, 3.8) is 0 Å². The summed E-state index contributed by atoms with van der Waals surface area (Å²) in [4.78, 5) is 17.2. The first kappa shape index (κ1) is 9.88. The third-order valence-electron chi connectivity index (χ3n) is 1.77. The molecule has 0 bridgehead atoms. The molecule has 78 valence electrons. The minimum Gasteiger partial charge on any atom is -0.334 e. The quantitative estimate of drug-likeness (QED) is 0.434. The average molecular weight is 215 g/mol. The van der Waals surface area contributed by atoms with Gasteiger partial charge in [-0.05, 0) is 22.8 Å². The van der Waals surface area contributed by atoms with Gasteiger partial charge in [-0.1, -0.05) is 23.4 Å². The first-order valence-corrected chi connectivity index (χ1v) is 4.30. The van der Waals surface area contributed by atoms with Crippen molar-refractivity contribution in [3.05, 3.63) is 46.6 Å². The van der Waals surface area contributed by atoms with E-state index in [4.69, 9.17) is 10.1 Å². The molecule has 1 aromatic carbocycles. The highest BCUT2D eigenvalue weighted by Crippen LogP contribution is 2.16. The third-order valence-corrected chi connectivity index (χ3v) is 1.77. The zero-order valence-corrected chi connectivity index (χ0v) is 7.94. The molecule has 0 fully saturated rings. The molecule has 2 aromatic rings. The van der Waals surface area contributed by atoms with E-state index in [2.05, 4.69) is 20.2 Å². The number of amides is 1. The van der Waals surface area contributed by atoms with Crippen LogP contribution in [-0.4, -0.2) is 16.0 Å². The van der Waals surface area contributed by atoms with Crippen LogP contribution in [0.25, 0.3) is 21.9 Å². The van der Waals surface area contributed by atoms with Gasteiger partial charge < -0.3 is 4.52 Å². The van der Waals surface area contributed by atoms with Crippen molar-refractivity contribution in [2.75, 3.05) is 0 Å². The van der Waals surface area contributed by atoms with Gasteiger partial charge in [-0.2, -0.15) is 4.98 Å². The lowest BCUT2D eigenvalue weighted by molar-refractivity contribution is 0.0987. The fourth-order valence-corrected chi connectivity index (χ4v) is 1.09. The summed E-state index contributed by atoms with van der Waals surface area (Å²) in [5, 5.41) is 6.27. The number of hydrogen-bond donors (Lipinski definition) is 0. The molecule has 2 rings (SSSR count). The van der Waals surface area contributed by atoms with Crippen LogP contribution in [0.15, 0.2) is 40.0 Å². The standard InChI is InChI=1S/C9H5N5O2/c10-14-12-8(15)7-11-9(16-13-7)6-4-2-1-3-5-6/h1-5H. The fraction of sp³-hybridized carbons (Fsp3) is 0. The smallest absolute Gasteiger partial charge is 0.289 e. The Bertz CT molecular complexity index is 556. The zero-order valence-electron chi connectivity index (χ0n) is 7.94. The van der Waals surface area contributed by atoms with E-state index in [1.165, 1.54) is 0 Å². The summed E-state index contributed by atoms with van der Waals surface area (Å²) >= 11 is 0. The van der Waals surface area contributed by atoms with E-state index in [-0.39, 0.29) is 11.7 Å². The van der Waals surface area contributed by atoms with Gasteiger partial charge in [-0.25, -0.2) is 0 Å². The van der Waals surface area contributed by atoms with E-state index in [1.54, 1.807) is 24.3 Å². The first-order chi connectivity index (χ1) is 7.81. The Hall–Kier alpha value is -2.66. The highest BCUT2D eigenvalue weighted by Gasteiger charge is 2.13. The summed E-state index contributed by atoms with van der Waals surface area (Å²) < 4.78 is 4.85. The second kappa shape index (κ2) is 4.24. The van der Waals surface area contributed by atoms with Crippen molar-refractivity contribution in [2.24, 2.45) is 5.11 Å². The molecule has 0 saturated carbocycles. The Morgan fingerprint density at radius 3 is 2.81 bits per heavy atom. The van der Waals surface area contributed by atoms with Crippen molar-refractivity contribution >= 4 is 5.91 Å². The van der Waals surface area contributed by atoms with Crippen LogP contribution in [0.4, 0.5) is 0 Å². The molecular weight excluding hydrogens is 210 g/mol. The van der Waals surface area contributed by atoms with E-state index in [1.807, 2.05) is 6.07 Å². The Kier molecular flexibility index (Phi) is 2.62. The van der Waals surface area contributed by atoms with E-state index in [9.17, 15) is 4.79 Å². The molecule has 0 aliphatic heterocycles. The summed E-state index contributed by atoms with van der Waals surface area (Å²) in [6.07, 6.45) is 0. The molecule has 1 heterocycles. The van der Waals surface area contributed by atoms with Gasteiger partial charge in [0.25, 0.3) is 11.8 Å². The van der Waals surface area contributed by atoms with Gasteiger partial charge in [0, 0.05) is 10.5 Å². The second-order valence-corrected chi connectivity index (χ2v) is 2.78. The topological polar surface area (TPSA) is 105 Å². The van der Waals surface area contributed by atoms with Crippen LogP contribution < -0.4 is 0 Å². The van der Waals surface area contributed by atoms with Crippen molar-refractivity contribution in [3.8, 4) is 11.5 Å². The minimum absolute atomic E-state index is 0.206. The molecule has 1 aromatic heterocycles. The lowest BCUT2D eigenvalue weighted by Crippen LogP contribution is -1.95. The van der Waals surface area contributed by atoms with Crippen LogP contribution in [0.3, 0.4) is 0 Å². The SMILES string of the molecule is [N-]=[N+]=NC(=O)c1noc(-c2ccccc2)n1. The van der Waals surface area contributed by atoms with Crippen molar-refractivity contribution < 1.29 is 9.32 Å². The Labute approximate surface area is 89.3 Å². The highest BCUT2D eigenvalue weighted by molar-refractivity contribution is 5.91. The largest absolute Gasteiger partial charge is 0.334 e. The van der Waals surface area contributed by atoms with Gasteiger partial charge in [0.2, 0.25) is 5.82 Å². The summed E-state index contributed by atoms with van der Waals surface area (Å²) in [5.74, 6) is -0.915. The third kappa shape index (κ3) is 1.89. The molecule has 16 heavy (non-hydrogen) atoms. The number of hydrogen-bond acceptors (Lipinski definition) is 4. The number of carbonyl (C=O) groups excluding carboxylic acids is 1. The summed E-state index contributed by atoms with van der Waals surface area (Å²) in [5.41, 5.74) is 8.76. The minimum atomic E-state index is -0.867. The van der Waals surface area contributed by atoms with Gasteiger partial charge >= 0.3 is 0 Å². The summed E-state index contributed by atoms with van der Waals surface area (Å²) in [6.45, 7) is 0. The van der Waals surface area contributed by atoms with E-state index in [0.29, 0.717) is 5.56 Å². The molecule has 0 unspecified atom stereocenters. The second-order valence-electron chi connectivity index (χ2n) is 2.78. The predicted octanol–water partition coefficient (Wildman–Crippen LogP) is 2.19. The maximum absolute atomic E-state index is 11.1. The number of carbonyl (C=O) groups is 1. The molecule has 0 N–H and O–H groups in total. The Morgan fingerprint density at radius 2 is 2.12 bits per heavy atom. The van der Waals surface area contributed by atoms with Gasteiger partial charge in [0.1, 0.15) is 0 Å². The van der Waals surface area contributed by atoms with Crippen LogP contribution in [0.5, 0.6) is 0 Å². The van der Waals surface area contributed by atoms with Gasteiger partial charge in [-0.3, -0.25) is 4.79 Å². The lowest BCUT2D eigenvalue weighted by Gasteiger charge is -1.89. The van der Waals surface area contributed by atoms with Crippen LogP contribution in [0.1, 0.15) is 10.6 Å². The molecular formula is C9H5N5O2. The fourth-order valence-electron chi connectivity index (χ4n) is 1.09. The first-order valence-electron chi connectivity index (χ1n) is 4.30. The Morgan fingerprint density at radius 1 is 1.38 bits per heavy atom. The van der Waals surface area contributed by atoms with Crippen LogP contribution in [0.2, 0.25) is 0 Å². The number of aromatic nitrogens is 2. The molecule has 0 aliphatic rings. The molecule has 0 saturated heterocycles. The number of azide groups is 1. The van der Waals surface area contributed by atoms with Gasteiger partial charge in [0.05, 0.1) is 0 Å². The van der Waals surface area contributed by atoms with Crippen LogP contribution in [-0.2, 0) is 0 Å². The maximum atomic E-state index is 11.1. The van der Waals surface area contributed by atoms with Gasteiger partial charge in [-0.15, -0.1) is 0 Å². The van der Waals surface area contributed by atoms with E-state index in [0.717, 1.165) is 0 Å². The van der Waals surface area contributed by atoms with Crippen molar-refractivity contribution in [2.45, 2.75) is 0 Å². The molecule has 7 heteroatoms.